The highest BCUT2D eigenvalue weighted by Crippen LogP contribution is 2.26. The molecule has 0 atom stereocenters. The smallest absolute Gasteiger partial charge is 0.291 e. The van der Waals surface area contributed by atoms with E-state index in [0.717, 1.165) is 27.4 Å². The lowest BCUT2D eigenvalue weighted by molar-refractivity contribution is -0.117. The second-order valence-electron chi connectivity index (χ2n) is 7.00. The largest absolute Gasteiger partial charge is 0.366 e. The summed E-state index contributed by atoms with van der Waals surface area (Å²) < 4.78 is 3.11. The molecule has 4 rings (SSSR count). The highest BCUT2D eigenvalue weighted by Gasteiger charge is 2.17. The molecule has 2 amide bonds. The average molecular weight is 403 g/mol. The normalized spacial score (nSPS) is 11.1. The van der Waals surface area contributed by atoms with Crippen LogP contribution in [0.1, 0.15) is 23.7 Å². The standard InChI is InChI=1S/C22H21N5O3/c1-2-11-26-18-10-6-4-7-14(18)16-12-24-27(22(30)20(16)26)13-19(28)25-17-9-5-3-8-15(17)21(23)29/h3-10,12H,2,11,13H2,1H3,(H2,23,29)(H,25,28). The van der Waals surface area contributed by atoms with Crippen molar-refractivity contribution in [2.45, 2.75) is 26.4 Å². The van der Waals surface area contributed by atoms with Gasteiger partial charge >= 0.3 is 0 Å². The van der Waals surface area contributed by atoms with Gasteiger partial charge in [-0.25, -0.2) is 4.68 Å². The number of aromatic nitrogens is 3. The maximum absolute atomic E-state index is 13.2. The van der Waals surface area contributed by atoms with Crippen molar-refractivity contribution in [3.8, 4) is 0 Å². The first kappa shape index (κ1) is 19.4. The number of aryl methyl sites for hydroxylation is 1. The Balaban J connectivity index is 1.72. The van der Waals surface area contributed by atoms with Crippen LogP contribution in [0.3, 0.4) is 0 Å². The molecule has 0 saturated heterocycles. The average Bonchev–Trinajstić information content (AvgIpc) is 3.05. The molecule has 0 aliphatic carbocycles. The Morgan fingerprint density at radius 3 is 2.57 bits per heavy atom. The molecule has 4 aromatic rings. The highest BCUT2D eigenvalue weighted by atomic mass is 16.2. The fourth-order valence-electron chi connectivity index (χ4n) is 3.69. The molecule has 0 fully saturated rings. The zero-order valence-electron chi connectivity index (χ0n) is 16.5. The van der Waals surface area contributed by atoms with Crippen LogP contribution in [0, 0.1) is 0 Å². The first-order chi connectivity index (χ1) is 14.5. The van der Waals surface area contributed by atoms with Gasteiger partial charge in [-0.15, -0.1) is 0 Å². The van der Waals surface area contributed by atoms with Gasteiger partial charge in [-0.3, -0.25) is 14.4 Å². The number of hydrogen-bond donors (Lipinski definition) is 2. The predicted molar refractivity (Wildman–Crippen MR) is 115 cm³/mol. The fraction of sp³-hybridized carbons (Fsp3) is 0.182. The van der Waals surface area contributed by atoms with E-state index < -0.39 is 11.8 Å². The number of fused-ring (bicyclic) bond motifs is 3. The minimum Gasteiger partial charge on any atom is -0.366 e. The zero-order chi connectivity index (χ0) is 21.3. The molecule has 0 aliphatic rings. The summed E-state index contributed by atoms with van der Waals surface area (Å²) in [7, 11) is 0. The molecule has 152 valence electrons. The van der Waals surface area contributed by atoms with Crippen LogP contribution < -0.4 is 16.6 Å². The molecule has 2 aromatic carbocycles. The molecule has 8 nitrogen and oxygen atoms in total. The Bertz CT molecular complexity index is 1340. The van der Waals surface area contributed by atoms with Gasteiger partial charge in [-0.2, -0.15) is 5.10 Å². The van der Waals surface area contributed by atoms with Gasteiger partial charge in [0.25, 0.3) is 11.5 Å². The molecular formula is C22H21N5O3. The fourth-order valence-corrected chi connectivity index (χ4v) is 3.69. The van der Waals surface area contributed by atoms with Gasteiger partial charge in [0.1, 0.15) is 12.1 Å². The van der Waals surface area contributed by atoms with E-state index in [1.165, 1.54) is 6.07 Å². The topological polar surface area (TPSA) is 112 Å². The van der Waals surface area contributed by atoms with Gasteiger partial charge < -0.3 is 15.6 Å². The summed E-state index contributed by atoms with van der Waals surface area (Å²) in [5.41, 5.74) is 7.00. The predicted octanol–water partition coefficient (Wildman–Crippen LogP) is 2.50. The Morgan fingerprint density at radius 1 is 1.07 bits per heavy atom. The Kier molecular flexibility index (Phi) is 5.05. The number of nitrogens with zero attached hydrogens (tertiary/aromatic N) is 3. The summed E-state index contributed by atoms with van der Waals surface area (Å²) in [5.74, 6) is -1.12. The second-order valence-corrected chi connectivity index (χ2v) is 7.00. The summed E-state index contributed by atoms with van der Waals surface area (Å²) in [4.78, 5) is 37.3. The molecule has 30 heavy (non-hydrogen) atoms. The third-order valence-corrected chi connectivity index (χ3v) is 4.98. The van der Waals surface area contributed by atoms with Crippen LogP contribution in [-0.4, -0.2) is 26.2 Å². The Morgan fingerprint density at radius 2 is 1.80 bits per heavy atom. The molecular weight excluding hydrogens is 382 g/mol. The SMILES string of the molecule is CCCn1c2ccccc2c2cnn(CC(=O)Nc3ccccc3C(N)=O)c(=O)c21. The van der Waals surface area contributed by atoms with E-state index in [1.807, 2.05) is 35.8 Å². The molecule has 0 aliphatic heterocycles. The monoisotopic (exact) mass is 403 g/mol. The number of benzene rings is 2. The minimum absolute atomic E-state index is 0.199. The lowest BCUT2D eigenvalue weighted by Crippen LogP contribution is -2.31. The number of nitrogens with one attached hydrogen (secondary N) is 1. The van der Waals surface area contributed by atoms with Crippen molar-refractivity contribution in [1.29, 1.82) is 0 Å². The summed E-state index contributed by atoms with van der Waals surface area (Å²) in [5, 5.41) is 8.56. The zero-order valence-corrected chi connectivity index (χ0v) is 16.5. The number of amides is 2. The number of nitrogens with two attached hydrogens (primary N) is 1. The highest BCUT2D eigenvalue weighted by molar-refractivity contribution is 6.07. The van der Waals surface area contributed by atoms with Crippen LogP contribution in [-0.2, 0) is 17.9 Å². The lowest BCUT2D eigenvalue weighted by atomic mass is 10.1. The first-order valence-corrected chi connectivity index (χ1v) is 9.67. The maximum atomic E-state index is 13.2. The maximum Gasteiger partial charge on any atom is 0.291 e. The van der Waals surface area contributed by atoms with E-state index in [4.69, 9.17) is 5.73 Å². The van der Waals surface area contributed by atoms with Crippen molar-refractivity contribution in [1.82, 2.24) is 14.3 Å². The van der Waals surface area contributed by atoms with E-state index in [9.17, 15) is 14.4 Å². The third kappa shape index (κ3) is 3.32. The van der Waals surface area contributed by atoms with Crippen molar-refractivity contribution >= 4 is 39.3 Å². The minimum atomic E-state index is -0.647. The first-order valence-electron chi connectivity index (χ1n) is 9.67. The Hall–Kier alpha value is -3.94. The van der Waals surface area contributed by atoms with Gasteiger partial charge in [0.05, 0.1) is 17.4 Å². The molecule has 0 radical (unpaired) electrons. The molecule has 0 unspecified atom stereocenters. The van der Waals surface area contributed by atoms with E-state index in [2.05, 4.69) is 10.4 Å². The van der Waals surface area contributed by atoms with Gasteiger partial charge in [-0.05, 0) is 24.6 Å². The molecule has 3 N–H and O–H groups in total. The molecule has 8 heteroatoms. The van der Waals surface area contributed by atoms with Crippen LogP contribution in [0.15, 0.2) is 59.5 Å². The van der Waals surface area contributed by atoms with Crippen molar-refractivity contribution in [2.24, 2.45) is 5.73 Å². The number of primary amides is 1. The van der Waals surface area contributed by atoms with Crippen molar-refractivity contribution in [3.63, 3.8) is 0 Å². The number of para-hydroxylation sites is 2. The summed E-state index contributed by atoms with van der Waals surface area (Å²) >= 11 is 0. The number of anilines is 1. The molecule has 2 aromatic heterocycles. The Labute approximate surface area is 171 Å². The molecule has 2 heterocycles. The van der Waals surface area contributed by atoms with E-state index in [-0.39, 0.29) is 17.7 Å². The molecule has 0 spiro atoms. The van der Waals surface area contributed by atoms with Gasteiger partial charge in [0, 0.05) is 22.8 Å². The third-order valence-electron chi connectivity index (χ3n) is 4.98. The van der Waals surface area contributed by atoms with E-state index in [0.29, 0.717) is 17.7 Å². The lowest BCUT2D eigenvalue weighted by Gasteiger charge is -2.10. The number of carbonyl (C=O) groups excluding carboxylic acids is 2. The van der Waals surface area contributed by atoms with Gasteiger partial charge in [-0.1, -0.05) is 37.3 Å². The summed E-state index contributed by atoms with van der Waals surface area (Å²) in [6, 6.07) is 14.2. The molecule has 0 saturated carbocycles. The van der Waals surface area contributed by atoms with Crippen LogP contribution in [0.4, 0.5) is 5.69 Å². The van der Waals surface area contributed by atoms with Crippen molar-refractivity contribution < 1.29 is 9.59 Å². The number of carbonyl (C=O) groups is 2. The molecule has 0 bridgehead atoms. The number of hydrogen-bond acceptors (Lipinski definition) is 4. The summed E-state index contributed by atoms with van der Waals surface area (Å²) in [6.07, 6.45) is 2.48. The van der Waals surface area contributed by atoms with Gasteiger partial charge in [0.2, 0.25) is 5.91 Å². The van der Waals surface area contributed by atoms with Crippen LogP contribution in [0.2, 0.25) is 0 Å². The van der Waals surface area contributed by atoms with Crippen LogP contribution in [0.25, 0.3) is 21.8 Å². The summed E-state index contributed by atoms with van der Waals surface area (Å²) in [6.45, 7) is 2.45. The van der Waals surface area contributed by atoms with Crippen molar-refractivity contribution in [3.05, 3.63) is 70.6 Å². The quantitative estimate of drug-likeness (QED) is 0.515. The number of rotatable bonds is 6. The van der Waals surface area contributed by atoms with Crippen LogP contribution in [0.5, 0.6) is 0 Å². The van der Waals surface area contributed by atoms with Crippen molar-refractivity contribution in [2.75, 3.05) is 5.32 Å². The second kappa shape index (κ2) is 7.82. The van der Waals surface area contributed by atoms with Crippen LogP contribution >= 0.6 is 0 Å². The van der Waals surface area contributed by atoms with E-state index in [1.54, 1.807) is 24.4 Å². The van der Waals surface area contributed by atoms with Gasteiger partial charge in [0.15, 0.2) is 0 Å². The van der Waals surface area contributed by atoms with E-state index >= 15 is 0 Å².